The van der Waals surface area contributed by atoms with Crippen molar-refractivity contribution in [2.24, 2.45) is 0 Å². The summed E-state index contributed by atoms with van der Waals surface area (Å²) in [6.07, 6.45) is 4.27. The smallest absolute Gasteiger partial charge is 0.289 e. The summed E-state index contributed by atoms with van der Waals surface area (Å²) in [5, 5.41) is 4.21. The fourth-order valence-corrected chi connectivity index (χ4v) is 4.37. The van der Waals surface area contributed by atoms with E-state index in [0.29, 0.717) is 25.5 Å². The van der Waals surface area contributed by atoms with Crippen LogP contribution in [-0.2, 0) is 17.9 Å². The minimum Gasteiger partial charge on any atom is -0.459 e. The van der Waals surface area contributed by atoms with Gasteiger partial charge in [0.1, 0.15) is 18.0 Å². The number of furan rings is 1. The molecule has 7 heteroatoms. The maximum absolute atomic E-state index is 12.5. The fourth-order valence-electron chi connectivity index (χ4n) is 3.72. The first-order valence-electron chi connectivity index (χ1n) is 8.28. The molecule has 0 aromatic carbocycles. The topological polar surface area (TPSA) is 60.5 Å². The number of rotatable bonds is 2. The molecular formula is C18H17N3O3S. The SMILES string of the molecule is O=C(c1ccco1)N1CC[C@@]2(C1)Cn1c(-c3ccsc3)cnc1CO2. The number of thiophene rings is 1. The summed E-state index contributed by atoms with van der Waals surface area (Å²) in [4.78, 5) is 18.9. The van der Waals surface area contributed by atoms with Crippen molar-refractivity contribution in [3.63, 3.8) is 0 Å². The van der Waals surface area contributed by atoms with Crippen molar-refractivity contribution >= 4 is 17.2 Å². The van der Waals surface area contributed by atoms with Crippen LogP contribution in [0.3, 0.4) is 0 Å². The van der Waals surface area contributed by atoms with Gasteiger partial charge in [-0.2, -0.15) is 11.3 Å². The van der Waals surface area contributed by atoms with Crippen LogP contribution in [0.25, 0.3) is 11.3 Å². The molecule has 6 nitrogen and oxygen atoms in total. The number of carbonyl (C=O) groups is 1. The molecule has 1 amide bonds. The van der Waals surface area contributed by atoms with Crippen LogP contribution >= 0.6 is 11.3 Å². The molecule has 25 heavy (non-hydrogen) atoms. The second-order valence-corrected chi connectivity index (χ2v) is 7.36. The van der Waals surface area contributed by atoms with Crippen molar-refractivity contribution in [3.8, 4) is 11.3 Å². The number of carbonyl (C=O) groups excluding carboxylic acids is 1. The van der Waals surface area contributed by atoms with Gasteiger partial charge in [0.05, 0.1) is 31.2 Å². The zero-order valence-corrected chi connectivity index (χ0v) is 14.4. The Balaban J connectivity index is 1.40. The van der Waals surface area contributed by atoms with E-state index < -0.39 is 0 Å². The van der Waals surface area contributed by atoms with E-state index in [1.807, 2.05) is 11.1 Å². The van der Waals surface area contributed by atoms with Crippen LogP contribution < -0.4 is 0 Å². The molecule has 0 bridgehead atoms. The Bertz CT molecular complexity index is 900. The molecule has 0 unspecified atom stereocenters. The van der Waals surface area contributed by atoms with Crippen LogP contribution in [0.5, 0.6) is 0 Å². The van der Waals surface area contributed by atoms with Crippen molar-refractivity contribution in [2.45, 2.75) is 25.2 Å². The summed E-state index contributed by atoms with van der Waals surface area (Å²) < 4.78 is 13.7. The predicted octanol–water partition coefficient (Wildman–Crippen LogP) is 3.02. The van der Waals surface area contributed by atoms with Gasteiger partial charge in [-0.05, 0) is 30.0 Å². The Morgan fingerprint density at radius 1 is 1.32 bits per heavy atom. The van der Waals surface area contributed by atoms with Crippen molar-refractivity contribution in [3.05, 3.63) is 53.0 Å². The van der Waals surface area contributed by atoms with E-state index in [2.05, 4.69) is 26.4 Å². The molecule has 3 aromatic rings. The molecule has 3 aromatic heterocycles. The maximum Gasteiger partial charge on any atom is 0.289 e. The Hall–Kier alpha value is -2.38. The maximum atomic E-state index is 12.5. The number of likely N-dealkylation sites (tertiary alicyclic amines) is 1. The lowest BCUT2D eigenvalue weighted by Gasteiger charge is -2.35. The van der Waals surface area contributed by atoms with Crippen LogP contribution in [0.2, 0.25) is 0 Å². The molecule has 0 aliphatic carbocycles. The van der Waals surface area contributed by atoms with E-state index in [0.717, 1.165) is 24.5 Å². The van der Waals surface area contributed by atoms with Crippen LogP contribution in [0.15, 0.2) is 45.8 Å². The number of imidazole rings is 1. The van der Waals surface area contributed by atoms with Gasteiger partial charge in [0.2, 0.25) is 0 Å². The van der Waals surface area contributed by atoms with Crippen molar-refractivity contribution in [1.82, 2.24) is 14.5 Å². The normalized spacial score (nSPS) is 22.5. The Labute approximate surface area is 148 Å². The number of hydrogen-bond acceptors (Lipinski definition) is 5. The monoisotopic (exact) mass is 355 g/mol. The van der Waals surface area contributed by atoms with Gasteiger partial charge in [-0.25, -0.2) is 4.98 Å². The fraction of sp³-hybridized carbons (Fsp3) is 0.333. The van der Waals surface area contributed by atoms with Crippen LogP contribution in [0.1, 0.15) is 22.8 Å². The standard InChI is InChI=1S/C18H17N3O3S/c22-17(15-2-1-6-23-15)20-5-4-18(11-20)12-21-14(13-3-7-25-10-13)8-19-16(21)9-24-18/h1-3,6-8,10H,4-5,9,11-12H2/t18-/m1/s1. The minimum atomic E-state index is -0.347. The lowest BCUT2D eigenvalue weighted by molar-refractivity contribution is -0.0805. The minimum absolute atomic E-state index is 0.0695. The third-order valence-corrected chi connectivity index (χ3v) is 5.73. The molecule has 5 heterocycles. The van der Waals surface area contributed by atoms with Crippen molar-refractivity contribution in [2.75, 3.05) is 13.1 Å². The lowest BCUT2D eigenvalue weighted by atomic mass is 10.0. The van der Waals surface area contributed by atoms with Crippen molar-refractivity contribution in [1.29, 1.82) is 0 Å². The zero-order valence-electron chi connectivity index (χ0n) is 13.6. The van der Waals surface area contributed by atoms with E-state index >= 15 is 0 Å². The van der Waals surface area contributed by atoms with Gasteiger partial charge < -0.3 is 18.6 Å². The van der Waals surface area contributed by atoms with E-state index in [-0.39, 0.29) is 11.5 Å². The second kappa shape index (κ2) is 5.57. The van der Waals surface area contributed by atoms with Gasteiger partial charge in [-0.15, -0.1) is 0 Å². The number of aromatic nitrogens is 2. The zero-order chi connectivity index (χ0) is 16.9. The lowest BCUT2D eigenvalue weighted by Crippen LogP contribution is -2.45. The molecule has 0 saturated carbocycles. The highest BCUT2D eigenvalue weighted by molar-refractivity contribution is 7.08. The molecule has 0 N–H and O–H groups in total. The van der Waals surface area contributed by atoms with Gasteiger partial charge in [0.15, 0.2) is 5.76 Å². The summed E-state index contributed by atoms with van der Waals surface area (Å²) in [6.45, 7) is 2.45. The molecular weight excluding hydrogens is 338 g/mol. The largest absolute Gasteiger partial charge is 0.459 e. The quantitative estimate of drug-likeness (QED) is 0.709. The molecule has 2 aliphatic heterocycles. The average Bonchev–Trinajstić information content (AvgIpc) is 3.41. The van der Waals surface area contributed by atoms with E-state index in [4.69, 9.17) is 9.15 Å². The molecule has 128 valence electrons. The van der Waals surface area contributed by atoms with E-state index in [1.165, 1.54) is 11.8 Å². The van der Waals surface area contributed by atoms with Gasteiger partial charge >= 0.3 is 0 Å². The molecule has 0 radical (unpaired) electrons. The van der Waals surface area contributed by atoms with Crippen molar-refractivity contribution < 1.29 is 13.9 Å². The van der Waals surface area contributed by atoms with E-state index in [1.54, 1.807) is 23.5 Å². The van der Waals surface area contributed by atoms with Gasteiger partial charge in [0, 0.05) is 17.5 Å². The molecule has 1 saturated heterocycles. The van der Waals surface area contributed by atoms with Crippen LogP contribution in [-0.4, -0.2) is 39.0 Å². The number of amides is 1. The average molecular weight is 355 g/mol. The first kappa shape index (κ1) is 14.9. The third-order valence-electron chi connectivity index (χ3n) is 5.04. The highest BCUT2D eigenvalue weighted by Gasteiger charge is 2.45. The van der Waals surface area contributed by atoms with E-state index in [9.17, 15) is 4.79 Å². The van der Waals surface area contributed by atoms with Crippen LogP contribution in [0, 0.1) is 0 Å². The summed E-state index contributed by atoms with van der Waals surface area (Å²) in [5.41, 5.74) is 1.96. The Kier molecular flexibility index (Phi) is 3.33. The summed E-state index contributed by atoms with van der Waals surface area (Å²) in [7, 11) is 0. The molecule has 2 aliphatic rings. The molecule has 1 spiro atoms. The second-order valence-electron chi connectivity index (χ2n) is 6.58. The summed E-state index contributed by atoms with van der Waals surface area (Å²) >= 11 is 1.68. The first-order chi connectivity index (χ1) is 12.2. The number of ether oxygens (including phenoxy) is 1. The van der Waals surface area contributed by atoms with Gasteiger partial charge in [-0.1, -0.05) is 0 Å². The Morgan fingerprint density at radius 3 is 3.08 bits per heavy atom. The highest BCUT2D eigenvalue weighted by atomic mass is 32.1. The third kappa shape index (κ3) is 2.42. The summed E-state index contributed by atoms with van der Waals surface area (Å²) in [6, 6.07) is 5.55. The van der Waals surface area contributed by atoms with Gasteiger partial charge in [0.25, 0.3) is 5.91 Å². The van der Waals surface area contributed by atoms with Gasteiger partial charge in [-0.3, -0.25) is 4.79 Å². The predicted molar refractivity (Wildman–Crippen MR) is 92.3 cm³/mol. The summed E-state index contributed by atoms with van der Waals surface area (Å²) in [5.74, 6) is 1.26. The first-order valence-corrected chi connectivity index (χ1v) is 9.22. The van der Waals surface area contributed by atoms with Crippen LogP contribution in [0.4, 0.5) is 0 Å². The number of nitrogens with zero attached hydrogens (tertiary/aromatic N) is 3. The number of hydrogen-bond donors (Lipinski definition) is 0. The molecule has 5 rings (SSSR count). The number of fused-ring (bicyclic) bond motifs is 1. The molecule has 1 atom stereocenters. The Morgan fingerprint density at radius 2 is 2.28 bits per heavy atom. The molecule has 1 fully saturated rings. The highest BCUT2D eigenvalue weighted by Crippen LogP contribution is 2.36.